The molecule has 0 radical (unpaired) electrons. The van der Waals surface area contributed by atoms with Crippen LogP contribution >= 0.6 is 0 Å². The van der Waals surface area contributed by atoms with Gasteiger partial charge in [0.2, 0.25) is 0 Å². The number of aromatic nitrogens is 2. The third kappa shape index (κ3) is 3.24. The van der Waals surface area contributed by atoms with Gasteiger partial charge < -0.3 is 10.2 Å². The predicted molar refractivity (Wildman–Crippen MR) is 87.2 cm³/mol. The van der Waals surface area contributed by atoms with Crippen LogP contribution in [-0.2, 0) is 0 Å². The van der Waals surface area contributed by atoms with Gasteiger partial charge in [-0.15, -0.1) is 0 Å². The monoisotopic (exact) mass is 296 g/mol. The average molecular weight is 296 g/mol. The molecular weight excluding hydrogens is 276 g/mol. The van der Waals surface area contributed by atoms with Crippen LogP contribution in [0.1, 0.15) is 35.2 Å². The molecule has 114 valence electrons. The molecule has 1 N–H and O–H groups in total. The number of nitrogens with one attached hydrogen (secondary N) is 1. The number of rotatable bonds is 3. The molecule has 1 aromatic carbocycles. The number of aryl methyl sites for hydroxylation is 1. The molecule has 0 spiro atoms. The van der Waals surface area contributed by atoms with Crippen molar-refractivity contribution in [1.82, 2.24) is 9.97 Å². The predicted octanol–water partition coefficient (Wildman–Crippen LogP) is 3.03. The Bertz CT molecular complexity index is 665. The molecule has 0 unspecified atom stereocenters. The van der Waals surface area contributed by atoms with Gasteiger partial charge in [0.25, 0.3) is 5.91 Å². The summed E-state index contributed by atoms with van der Waals surface area (Å²) in [4.78, 5) is 23.1. The lowest BCUT2D eigenvalue weighted by Gasteiger charge is -2.27. The molecule has 3 rings (SSSR count). The molecule has 0 aliphatic carbocycles. The minimum absolute atomic E-state index is 0.138. The van der Waals surface area contributed by atoms with Crippen LogP contribution < -0.4 is 10.2 Å². The molecule has 1 amide bonds. The number of carbonyl (C=O) groups excluding carboxylic acids is 1. The summed E-state index contributed by atoms with van der Waals surface area (Å²) >= 11 is 0. The molecule has 2 heterocycles. The summed E-state index contributed by atoms with van der Waals surface area (Å²) < 4.78 is 0. The van der Waals surface area contributed by atoms with Gasteiger partial charge in [-0.1, -0.05) is 18.2 Å². The van der Waals surface area contributed by atoms with E-state index in [2.05, 4.69) is 20.2 Å². The Labute approximate surface area is 130 Å². The maximum absolute atomic E-state index is 12.3. The summed E-state index contributed by atoms with van der Waals surface area (Å²) in [5.74, 6) is 1.29. The van der Waals surface area contributed by atoms with Crippen molar-refractivity contribution in [3.8, 4) is 0 Å². The van der Waals surface area contributed by atoms with Gasteiger partial charge in [-0.3, -0.25) is 4.79 Å². The first-order valence-electron chi connectivity index (χ1n) is 7.68. The smallest absolute Gasteiger partial charge is 0.257 e. The van der Waals surface area contributed by atoms with E-state index < -0.39 is 0 Å². The summed E-state index contributed by atoms with van der Waals surface area (Å²) in [6, 6.07) is 9.37. The zero-order chi connectivity index (χ0) is 15.4. The number of amides is 1. The second-order valence-electron chi connectivity index (χ2n) is 5.58. The van der Waals surface area contributed by atoms with Crippen LogP contribution in [0.2, 0.25) is 0 Å². The third-order valence-corrected chi connectivity index (χ3v) is 3.96. The molecule has 1 aliphatic rings. The van der Waals surface area contributed by atoms with Crippen molar-refractivity contribution in [3.63, 3.8) is 0 Å². The fraction of sp³-hybridized carbons (Fsp3) is 0.353. The van der Waals surface area contributed by atoms with Crippen LogP contribution in [0.3, 0.4) is 0 Å². The first-order valence-corrected chi connectivity index (χ1v) is 7.68. The summed E-state index contributed by atoms with van der Waals surface area (Å²) in [5.41, 5.74) is 1.62. The fourth-order valence-electron chi connectivity index (χ4n) is 2.72. The van der Waals surface area contributed by atoms with Crippen molar-refractivity contribution in [2.75, 3.05) is 23.3 Å². The van der Waals surface area contributed by atoms with Gasteiger partial charge >= 0.3 is 0 Å². The number of anilines is 2. The van der Waals surface area contributed by atoms with Crippen molar-refractivity contribution in [2.24, 2.45) is 0 Å². The highest BCUT2D eigenvalue weighted by atomic mass is 16.1. The number of nitrogens with zero attached hydrogens (tertiary/aromatic N) is 3. The summed E-state index contributed by atoms with van der Waals surface area (Å²) in [5, 5.41) is 2.86. The van der Waals surface area contributed by atoms with E-state index in [1.807, 2.05) is 37.3 Å². The van der Waals surface area contributed by atoms with Crippen molar-refractivity contribution in [2.45, 2.75) is 26.2 Å². The molecule has 22 heavy (non-hydrogen) atoms. The minimum atomic E-state index is -0.138. The fourth-order valence-corrected chi connectivity index (χ4v) is 2.72. The highest BCUT2D eigenvalue weighted by molar-refractivity contribution is 6.04. The molecule has 5 nitrogen and oxygen atoms in total. The van der Waals surface area contributed by atoms with Crippen LogP contribution in [0, 0.1) is 6.92 Å². The number of hydrogen-bond acceptors (Lipinski definition) is 4. The quantitative estimate of drug-likeness (QED) is 0.946. The first kappa shape index (κ1) is 14.5. The zero-order valence-electron chi connectivity index (χ0n) is 12.7. The Balaban J connectivity index is 1.75. The highest BCUT2D eigenvalue weighted by Gasteiger charge is 2.14. The second kappa shape index (κ2) is 6.56. The van der Waals surface area contributed by atoms with Gasteiger partial charge in [-0.25, -0.2) is 9.97 Å². The lowest BCUT2D eigenvalue weighted by Crippen LogP contribution is -2.30. The largest absolute Gasteiger partial charge is 0.356 e. The highest BCUT2D eigenvalue weighted by Crippen LogP contribution is 2.19. The Morgan fingerprint density at radius 1 is 1.14 bits per heavy atom. The second-order valence-corrected chi connectivity index (χ2v) is 5.58. The summed E-state index contributed by atoms with van der Waals surface area (Å²) in [7, 11) is 0. The summed E-state index contributed by atoms with van der Waals surface area (Å²) in [6.07, 6.45) is 5.17. The Morgan fingerprint density at radius 3 is 2.68 bits per heavy atom. The molecule has 0 atom stereocenters. The standard InChI is InChI=1S/C17H20N4O/c1-13-7-3-4-8-14(13)17(22)20-15-11-16(19-12-18-15)21-9-5-2-6-10-21/h3-4,7-8,11-12H,2,5-6,9-10H2,1H3,(H,18,19,20,22). The van der Waals surface area contributed by atoms with Gasteiger partial charge in [0.1, 0.15) is 18.0 Å². The lowest BCUT2D eigenvalue weighted by molar-refractivity contribution is 0.102. The normalized spacial score (nSPS) is 14.7. The number of benzene rings is 1. The number of piperidine rings is 1. The Morgan fingerprint density at radius 2 is 1.91 bits per heavy atom. The van der Waals surface area contributed by atoms with E-state index in [9.17, 15) is 4.79 Å². The number of carbonyl (C=O) groups is 1. The lowest BCUT2D eigenvalue weighted by atomic mass is 10.1. The van der Waals surface area contributed by atoms with E-state index >= 15 is 0 Å². The van der Waals surface area contributed by atoms with Crippen LogP contribution in [0.15, 0.2) is 36.7 Å². The van der Waals surface area contributed by atoms with Crippen LogP contribution in [0.4, 0.5) is 11.6 Å². The molecule has 1 saturated heterocycles. The molecule has 5 heteroatoms. The van der Waals surface area contributed by atoms with Crippen molar-refractivity contribution in [1.29, 1.82) is 0 Å². The van der Waals surface area contributed by atoms with E-state index in [0.717, 1.165) is 24.5 Å². The van der Waals surface area contributed by atoms with Gasteiger partial charge in [0.05, 0.1) is 0 Å². The maximum atomic E-state index is 12.3. The number of hydrogen-bond donors (Lipinski definition) is 1. The molecule has 2 aromatic rings. The molecule has 0 bridgehead atoms. The SMILES string of the molecule is Cc1ccccc1C(=O)Nc1cc(N2CCCCC2)ncn1. The topological polar surface area (TPSA) is 58.1 Å². The van der Waals surface area contributed by atoms with Crippen molar-refractivity contribution < 1.29 is 4.79 Å². The van der Waals surface area contributed by atoms with Crippen molar-refractivity contribution in [3.05, 3.63) is 47.8 Å². The molecular formula is C17H20N4O. The summed E-state index contributed by atoms with van der Waals surface area (Å²) in [6.45, 7) is 3.96. The Kier molecular flexibility index (Phi) is 4.32. The molecule has 1 fully saturated rings. The van der Waals surface area contributed by atoms with Crippen LogP contribution in [-0.4, -0.2) is 29.0 Å². The van der Waals surface area contributed by atoms with Crippen molar-refractivity contribution >= 4 is 17.5 Å². The zero-order valence-corrected chi connectivity index (χ0v) is 12.7. The average Bonchev–Trinajstić information content (AvgIpc) is 2.56. The minimum Gasteiger partial charge on any atom is -0.356 e. The van der Waals surface area contributed by atoms with E-state index in [4.69, 9.17) is 0 Å². The van der Waals surface area contributed by atoms with E-state index in [0.29, 0.717) is 11.4 Å². The first-order chi connectivity index (χ1) is 10.7. The van der Waals surface area contributed by atoms with E-state index in [-0.39, 0.29) is 5.91 Å². The van der Waals surface area contributed by atoms with Gasteiger partial charge in [0, 0.05) is 24.7 Å². The molecule has 1 aromatic heterocycles. The van der Waals surface area contributed by atoms with Crippen LogP contribution in [0.5, 0.6) is 0 Å². The van der Waals surface area contributed by atoms with E-state index in [1.165, 1.54) is 25.6 Å². The van der Waals surface area contributed by atoms with Gasteiger partial charge in [-0.2, -0.15) is 0 Å². The molecule has 1 aliphatic heterocycles. The molecule has 0 saturated carbocycles. The van der Waals surface area contributed by atoms with Gasteiger partial charge in [-0.05, 0) is 37.8 Å². The maximum Gasteiger partial charge on any atom is 0.257 e. The van der Waals surface area contributed by atoms with Crippen LogP contribution in [0.25, 0.3) is 0 Å². The van der Waals surface area contributed by atoms with E-state index in [1.54, 1.807) is 0 Å². The third-order valence-electron chi connectivity index (χ3n) is 3.96. The Hall–Kier alpha value is -2.43. The van der Waals surface area contributed by atoms with Gasteiger partial charge in [0.15, 0.2) is 0 Å².